The van der Waals surface area contributed by atoms with Crippen molar-refractivity contribution in [1.29, 1.82) is 0 Å². The van der Waals surface area contributed by atoms with E-state index < -0.39 is 0 Å². The third kappa shape index (κ3) is 9.14. The molecule has 1 aromatic heterocycles. The number of carbonyl (C=O) groups excluding carboxylic acids is 1. The number of benzene rings is 3. The van der Waals surface area contributed by atoms with Gasteiger partial charge in [0.1, 0.15) is 12.3 Å². The van der Waals surface area contributed by atoms with E-state index in [4.69, 9.17) is 4.74 Å². The van der Waals surface area contributed by atoms with Crippen molar-refractivity contribution in [1.82, 2.24) is 19.4 Å². The first kappa shape index (κ1) is 34.5. The molecule has 0 bridgehead atoms. The highest BCUT2D eigenvalue weighted by Gasteiger charge is 2.25. The lowest BCUT2D eigenvalue weighted by molar-refractivity contribution is -0.132. The summed E-state index contributed by atoms with van der Waals surface area (Å²) in [7, 11) is 0. The standard InChI is InChI=1S/C39H48N4O3S/c1-5-25-46-34-21-19-33(20-22-34)32-17-15-30(16-18-32)26-42(24-23-41(6-2)7-3)37(44)27-43-36-10-8-9-35(36)38(45)40-39(43)47-28-31-13-11-29(4)12-14-31/h11-22H,5-10,23-28H2,1-4H3. The summed E-state index contributed by atoms with van der Waals surface area (Å²) in [6.45, 7) is 13.2. The molecule has 8 heteroatoms. The lowest BCUT2D eigenvalue weighted by Gasteiger charge is -2.28. The van der Waals surface area contributed by atoms with Crippen LogP contribution in [0.5, 0.6) is 5.75 Å². The van der Waals surface area contributed by atoms with Crippen LogP contribution in [0.25, 0.3) is 11.1 Å². The topological polar surface area (TPSA) is 67.7 Å². The van der Waals surface area contributed by atoms with Gasteiger partial charge >= 0.3 is 0 Å². The molecule has 0 saturated heterocycles. The van der Waals surface area contributed by atoms with Gasteiger partial charge in [0.2, 0.25) is 5.91 Å². The average Bonchev–Trinajstić information content (AvgIpc) is 3.60. The Morgan fingerprint density at radius 2 is 1.53 bits per heavy atom. The van der Waals surface area contributed by atoms with Crippen LogP contribution in [0.1, 0.15) is 61.6 Å². The first-order chi connectivity index (χ1) is 22.9. The Labute approximate surface area is 284 Å². The van der Waals surface area contributed by atoms with Crippen molar-refractivity contribution in [2.45, 2.75) is 77.4 Å². The highest BCUT2D eigenvalue weighted by atomic mass is 32.2. The van der Waals surface area contributed by atoms with Crippen molar-refractivity contribution in [3.8, 4) is 16.9 Å². The van der Waals surface area contributed by atoms with Crippen LogP contribution in [0.15, 0.2) is 82.7 Å². The molecule has 0 radical (unpaired) electrons. The van der Waals surface area contributed by atoms with Crippen LogP contribution in [0.4, 0.5) is 0 Å². The second-order valence-electron chi connectivity index (χ2n) is 12.3. The number of likely N-dealkylation sites (N-methyl/N-ethyl adjacent to an activating group) is 1. The second kappa shape index (κ2) is 16.8. The Kier molecular flexibility index (Phi) is 12.3. The van der Waals surface area contributed by atoms with E-state index in [9.17, 15) is 9.59 Å². The van der Waals surface area contributed by atoms with Crippen LogP contribution in [-0.4, -0.2) is 58.0 Å². The third-order valence-electron chi connectivity index (χ3n) is 8.90. The molecule has 4 aromatic rings. The van der Waals surface area contributed by atoms with E-state index in [1.807, 2.05) is 21.6 Å². The van der Waals surface area contributed by atoms with Crippen molar-refractivity contribution in [2.75, 3.05) is 32.8 Å². The molecule has 0 atom stereocenters. The van der Waals surface area contributed by atoms with E-state index >= 15 is 0 Å². The monoisotopic (exact) mass is 652 g/mol. The molecule has 0 unspecified atom stereocenters. The maximum atomic E-state index is 14.2. The largest absolute Gasteiger partial charge is 0.494 e. The minimum absolute atomic E-state index is 0.0423. The predicted molar refractivity (Wildman–Crippen MR) is 192 cm³/mol. The molecule has 0 spiro atoms. The summed E-state index contributed by atoms with van der Waals surface area (Å²) < 4.78 is 7.78. The lowest BCUT2D eigenvalue weighted by atomic mass is 10.0. The molecule has 0 N–H and O–H groups in total. The number of fused-ring (bicyclic) bond motifs is 1. The van der Waals surface area contributed by atoms with Crippen molar-refractivity contribution in [3.05, 3.63) is 111 Å². The van der Waals surface area contributed by atoms with Crippen molar-refractivity contribution in [2.24, 2.45) is 0 Å². The highest BCUT2D eigenvalue weighted by Crippen LogP contribution is 2.27. The maximum Gasteiger partial charge on any atom is 0.277 e. The van der Waals surface area contributed by atoms with Gasteiger partial charge in [0.05, 0.1) is 6.61 Å². The van der Waals surface area contributed by atoms with Gasteiger partial charge in [0.15, 0.2) is 5.16 Å². The van der Waals surface area contributed by atoms with E-state index in [0.717, 1.165) is 79.0 Å². The minimum atomic E-state index is -0.144. The fourth-order valence-electron chi connectivity index (χ4n) is 6.01. The summed E-state index contributed by atoms with van der Waals surface area (Å²) in [5.74, 6) is 1.61. The zero-order valence-electron chi connectivity index (χ0n) is 28.3. The van der Waals surface area contributed by atoms with Gasteiger partial charge in [0.25, 0.3) is 5.56 Å². The fraction of sp³-hybridized carbons (Fsp3) is 0.410. The molecular formula is C39H48N4O3S. The molecular weight excluding hydrogens is 605 g/mol. The quantitative estimate of drug-likeness (QED) is 0.0946. The Hall–Kier alpha value is -3.88. The Morgan fingerprint density at radius 1 is 0.872 bits per heavy atom. The summed E-state index contributed by atoms with van der Waals surface area (Å²) in [5.41, 5.74) is 7.32. The van der Waals surface area contributed by atoms with Gasteiger partial charge in [0, 0.05) is 36.6 Å². The number of aryl methyl sites for hydroxylation is 1. The van der Waals surface area contributed by atoms with Crippen molar-refractivity contribution < 1.29 is 9.53 Å². The van der Waals surface area contributed by atoms with Crippen LogP contribution in [0.3, 0.4) is 0 Å². The van der Waals surface area contributed by atoms with Crippen LogP contribution >= 0.6 is 11.8 Å². The number of ether oxygens (including phenoxy) is 1. The second-order valence-corrected chi connectivity index (χ2v) is 13.2. The maximum absolute atomic E-state index is 14.2. The molecule has 7 nitrogen and oxygen atoms in total. The van der Waals surface area contributed by atoms with Crippen LogP contribution in [0.2, 0.25) is 0 Å². The molecule has 0 fully saturated rings. The van der Waals surface area contributed by atoms with E-state index in [2.05, 4.69) is 98.2 Å². The molecule has 3 aromatic carbocycles. The normalized spacial score (nSPS) is 12.4. The van der Waals surface area contributed by atoms with Gasteiger partial charge in [-0.15, -0.1) is 0 Å². The molecule has 1 heterocycles. The summed E-state index contributed by atoms with van der Waals surface area (Å²) in [4.78, 5) is 36.0. The average molecular weight is 653 g/mol. The Morgan fingerprint density at radius 3 is 2.19 bits per heavy atom. The highest BCUT2D eigenvalue weighted by molar-refractivity contribution is 7.98. The van der Waals surface area contributed by atoms with Gasteiger partial charge < -0.3 is 19.1 Å². The zero-order valence-corrected chi connectivity index (χ0v) is 29.2. The number of amides is 1. The van der Waals surface area contributed by atoms with E-state index in [1.165, 1.54) is 22.9 Å². The number of hydrogen-bond acceptors (Lipinski definition) is 6. The van der Waals surface area contributed by atoms with Gasteiger partial charge in [-0.2, -0.15) is 4.98 Å². The van der Waals surface area contributed by atoms with E-state index in [0.29, 0.717) is 30.6 Å². The number of thioether (sulfide) groups is 1. The zero-order chi connectivity index (χ0) is 33.2. The summed E-state index contributed by atoms with van der Waals surface area (Å²) in [5, 5.41) is 0.628. The lowest BCUT2D eigenvalue weighted by Crippen LogP contribution is -2.40. The van der Waals surface area contributed by atoms with Crippen LogP contribution < -0.4 is 10.3 Å². The number of aromatic nitrogens is 2. The third-order valence-corrected chi connectivity index (χ3v) is 9.95. The molecule has 5 rings (SSSR count). The van der Waals surface area contributed by atoms with Crippen molar-refractivity contribution >= 4 is 17.7 Å². The summed E-state index contributed by atoms with van der Waals surface area (Å²) in [6.07, 6.45) is 3.42. The van der Waals surface area contributed by atoms with E-state index in [1.54, 1.807) is 0 Å². The first-order valence-electron chi connectivity index (χ1n) is 17.0. The van der Waals surface area contributed by atoms with Crippen LogP contribution in [0, 0.1) is 6.92 Å². The minimum Gasteiger partial charge on any atom is -0.494 e. The number of carbonyl (C=O) groups is 1. The van der Waals surface area contributed by atoms with E-state index in [-0.39, 0.29) is 18.0 Å². The Bertz CT molecular complexity index is 1660. The van der Waals surface area contributed by atoms with Gasteiger partial charge in [-0.1, -0.05) is 98.8 Å². The van der Waals surface area contributed by atoms with Gasteiger partial charge in [-0.3, -0.25) is 9.59 Å². The number of nitrogens with zero attached hydrogens (tertiary/aromatic N) is 4. The SMILES string of the molecule is CCCOc1ccc(-c2ccc(CN(CCN(CC)CC)C(=O)Cn3c(SCc4ccc(C)cc4)nc(=O)c4c3CCC4)cc2)cc1. The molecule has 1 amide bonds. The summed E-state index contributed by atoms with van der Waals surface area (Å²) in [6, 6.07) is 25.1. The number of hydrogen-bond donors (Lipinski definition) is 0. The van der Waals surface area contributed by atoms with Gasteiger partial charge in [-0.05, 0) is 80.1 Å². The summed E-state index contributed by atoms with van der Waals surface area (Å²) >= 11 is 1.54. The molecule has 248 valence electrons. The van der Waals surface area contributed by atoms with Gasteiger partial charge in [-0.25, -0.2) is 0 Å². The number of rotatable bonds is 16. The smallest absolute Gasteiger partial charge is 0.277 e. The van der Waals surface area contributed by atoms with Crippen LogP contribution in [-0.2, 0) is 36.5 Å². The Balaban J connectivity index is 1.36. The molecule has 0 saturated carbocycles. The van der Waals surface area contributed by atoms with Crippen molar-refractivity contribution in [3.63, 3.8) is 0 Å². The predicted octanol–water partition coefficient (Wildman–Crippen LogP) is 7.16. The molecule has 1 aliphatic carbocycles. The molecule has 47 heavy (non-hydrogen) atoms. The fourth-order valence-corrected chi connectivity index (χ4v) is 6.97. The molecule has 1 aliphatic rings. The first-order valence-corrected chi connectivity index (χ1v) is 18.0. The molecule has 0 aliphatic heterocycles.